The van der Waals surface area contributed by atoms with Crippen molar-refractivity contribution in [3.8, 4) is 0 Å². The second-order valence-corrected chi connectivity index (χ2v) is 4.02. The largest absolute Gasteiger partial charge is 0.467 e. The molecule has 17 heavy (non-hydrogen) atoms. The van der Waals surface area contributed by atoms with Crippen LogP contribution in [-0.2, 0) is 9.53 Å². The third-order valence-corrected chi connectivity index (χ3v) is 2.70. The number of hydrogen-bond donors (Lipinski definition) is 2. The van der Waals surface area contributed by atoms with Gasteiger partial charge in [0.25, 0.3) is 0 Å². The zero-order valence-electron chi connectivity index (χ0n) is 8.65. The molecule has 0 saturated heterocycles. The molecule has 2 N–H and O–H groups in total. The smallest absolute Gasteiger partial charge is 0.337 e. The van der Waals surface area contributed by atoms with E-state index in [0.29, 0.717) is 0 Å². The minimum absolute atomic E-state index is 0.0157. The van der Waals surface area contributed by atoms with Crippen LogP contribution < -0.4 is 0 Å². The third-order valence-electron chi connectivity index (χ3n) is 2.08. The Labute approximate surface area is 107 Å². The first-order valence-corrected chi connectivity index (χ1v) is 5.22. The molecule has 0 bridgehead atoms. The molecule has 0 radical (unpaired) electrons. The topological polar surface area (TPSA) is 66.8 Å². The van der Waals surface area contributed by atoms with E-state index >= 15 is 0 Å². The van der Waals surface area contributed by atoms with Gasteiger partial charge in [-0.15, -0.1) is 0 Å². The Balaban J connectivity index is 3.12. The lowest BCUT2D eigenvalue weighted by Gasteiger charge is -2.17. The number of halogens is 3. The monoisotopic (exact) mass is 282 g/mol. The Morgan fingerprint density at radius 3 is 2.53 bits per heavy atom. The maximum Gasteiger partial charge on any atom is 0.337 e. The highest BCUT2D eigenvalue weighted by Gasteiger charge is 2.29. The normalized spacial score (nSPS) is 14.2. The van der Waals surface area contributed by atoms with Crippen molar-refractivity contribution in [2.75, 3.05) is 7.11 Å². The van der Waals surface area contributed by atoms with Gasteiger partial charge in [-0.2, -0.15) is 0 Å². The van der Waals surface area contributed by atoms with Gasteiger partial charge in [-0.25, -0.2) is 9.18 Å². The van der Waals surface area contributed by atoms with Gasteiger partial charge >= 0.3 is 5.97 Å². The van der Waals surface area contributed by atoms with Gasteiger partial charge in [-0.05, 0) is 12.1 Å². The molecule has 0 aliphatic heterocycles. The summed E-state index contributed by atoms with van der Waals surface area (Å²) in [7, 11) is 1.04. The van der Waals surface area contributed by atoms with Gasteiger partial charge in [0.2, 0.25) is 0 Å². The van der Waals surface area contributed by atoms with E-state index in [0.717, 1.165) is 19.2 Å². The maximum absolute atomic E-state index is 13.2. The first kappa shape index (κ1) is 14.2. The molecule has 0 aliphatic rings. The molecule has 94 valence electrons. The highest BCUT2D eigenvalue weighted by atomic mass is 35.5. The van der Waals surface area contributed by atoms with Crippen molar-refractivity contribution in [2.24, 2.45) is 0 Å². The molecule has 0 saturated carbocycles. The number of methoxy groups -OCH3 is 1. The molecule has 7 heteroatoms. The molecule has 0 fully saturated rings. The van der Waals surface area contributed by atoms with Gasteiger partial charge in [0.15, 0.2) is 6.10 Å². The highest BCUT2D eigenvalue weighted by molar-refractivity contribution is 6.33. The molecule has 2 unspecified atom stereocenters. The number of esters is 1. The zero-order valence-corrected chi connectivity index (χ0v) is 10.2. The second kappa shape index (κ2) is 5.64. The average molecular weight is 283 g/mol. The molecule has 0 aromatic heterocycles. The van der Waals surface area contributed by atoms with Gasteiger partial charge in [0.05, 0.1) is 12.1 Å². The van der Waals surface area contributed by atoms with Crippen LogP contribution in [0.25, 0.3) is 0 Å². The fourth-order valence-corrected chi connectivity index (χ4v) is 1.65. The molecule has 0 heterocycles. The summed E-state index contributed by atoms with van der Waals surface area (Å²) >= 11 is 11.2. The molecular formula is C10H9Cl2FO4. The molecule has 1 aromatic carbocycles. The van der Waals surface area contributed by atoms with Crippen LogP contribution in [0, 0.1) is 5.82 Å². The lowest BCUT2D eigenvalue weighted by molar-refractivity contribution is -0.156. The van der Waals surface area contributed by atoms with Crippen LogP contribution in [0.4, 0.5) is 4.39 Å². The Morgan fingerprint density at radius 1 is 1.41 bits per heavy atom. The Morgan fingerprint density at radius 2 is 2.00 bits per heavy atom. The minimum Gasteiger partial charge on any atom is -0.467 e. The number of aliphatic hydroxyl groups excluding tert-OH is 2. The lowest BCUT2D eigenvalue weighted by Crippen LogP contribution is -2.29. The quantitative estimate of drug-likeness (QED) is 0.654. The van der Waals surface area contributed by atoms with Crippen LogP contribution in [-0.4, -0.2) is 29.4 Å². The summed E-state index contributed by atoms with van der Waals surface area (Å²) in [5.74, 6) is -1.92. The van der Waals surface area contributed by atoms with Crippen molar-refractivity contribution in [1.29, 1.82) is 0 Å². The molecule has 1 aromatic rings. The molecule has 1 rings (SSSR count). The van der Waals surface area contributed by atoms with Crippen LogP contribution in [0.3, 0.4) is 0 Å². The number of aliphatic hydroxyl groups is 2. The summed E-state index contributed by atoms with van der Waals surface area (Å²) in [6.07, 6.45) is -3.58. The van der Waals surface area contributed by atoms with Gasteiger partial charge in [0.1, 0.15) is 11.9 Å². The van der Waals surface area contributed by atoms with E-state index in [2.05, 4.69) is 4.74 Å². The summed E-state index contributed by atoms with van der Waals surface area (Å²) in [4.78, 5) is 11.0. The fourth-order valence-electron chi connectivity index (χ4n) is 1.21. The predicted molar refractivity (Wildman–Crippen MR) is 59.4 cm³/mol. The Bertz CT molecular complexity index is 439. The molecule has 0 aliphatic carbocycles. The van der Waals surface area contributed by atoms with E-state index in [4.69, 9.17) is 23.2 Å². The number of carbonyl (C=O) groups is 1. The maximum atomic E-state index is 13.2. The summed E-state index contributed by atoms with van der Waals surface area (Å²) in [5.41, 5.74) is -0.186. The minimum atomic E-state index is -1.87. The van der Waals surface area contributed by atoms with E-state index in [1.807, 2.05) is 0 Å². The van der Waals surface area contributed by atoms with Crippen molar-refractivity contribution in [1.82, 2.24) is 0 Å². The van der Waals surface area contributed by atoms with Crippen molar-refractivity contribution in [3.63, 3.8) is 0 Å². The fraction of sp³-hybridized carbons (Fsp3) is 0.300. The highest BCUT2D eigenvalue weighted by Crippen LogP contribution is 2.31. The Kier molecular flexibility index (Phi) is 4.70. The van der Waals surface area contributed by atoms with Gasteiger partial charge in [0, 0.05) is 10.6 Å². The second-order valence-electron chi connectivity index (χ2n) is 3.20. The molecule has 0 amide bonds. The van der Waals surface area contributed by atoms with Gasteiger partial charge < -0.3 is 14.9 Å². The van der Waals surface area contributed by atoms with Crippen molar-refractivity contribution >= 4 is 29.2 Å². The first-order valence-electron chi connectivity index (χ1n) is 4.47. The Hall–Kier alpha value is -0.880. The summed E-state index contributed by atoms with van der Waals surface area (Å²) in [5, 5.41) is 18.6. The van der Waals surface area contributed by atoms with E-state index in [9.17, 15) is 19.4 Å². The molecule has 2 atom stereocenters. The van der Waals surface area contributed by atoms with Crippen LogP contribution in [0.1, 0.15) is 11.7 Å². The zero-order chi connectivity index (χ0) is 13.2. The number of carbonyl (C=O) groups excluding carboxylic acids is 1. The van der Waals surface area contributed by atoms with Crippen molar-refractivity contribution in [2.45, 2.75) is 12.2 Å². The molecular weight excluding hydrogens is 274 g/mol. The predicted octanol–water partition coefficient (Wildman–Crippen LogP) is 1.70. The number of ether oxygens (including phenoxy) is 1. The van der Waals surface area contributed by atoms with E-state index in [1.165, 1.54) is 0 Å². The van der Waals surface area contributed by atoms with E-state index in [1.54, 1.807) is 0 Å². The number of rotatable bonds is 3. The van der Waals surface area contributed by atoms with Gasteiger partial charge in [-0.1, -0.05) is 23.2 Å². The third kappa shape index (κ3) is 3.07. The lowest BCUT2D eigenvalue weighted by atomic mass is 10.0. The molecule has 0 spiro atoms. The van der Waals surface area contributed by atoms with Crippen molar-refractivity contribution < 1.29 is 24.1 Å². The average Bonchev–Trinajstić information content (AvgIpc) is 2.30. The first-order chi connectivity index (χ1) is 7.88. The van der Waals surface area contributed by atoms with Crippen molar-refractivity contribution in [3.05, 3.63) is 33.6 Å². The number of hydrogen-bond acceptors (Lipinski definition) is 4. The number of benzene rings is 1. The van der Waals surface area contributed by atoms with Crippen LogP contribution in [0.5, 0.6) is 0 Å². The summed E-state index contributed by atoms with van der Waals surface area (Å²) in [6.45, 7) is 0. The van der Waals surface area contributed by atoms with Crippen LogP contribution >= 0.6 is 23.2 Å². The summed E-state index contributed by atoms with van der Waals surface area (Å²) in [6, 6.07) is 2.11. The van der Waals surface area contributed by atoms with Crippen LogP contribution in [0.15, 0.2) is 12.1 Å². The SMILES string of the molecule is COC(=O)C(O)C(O)c1cc(Cl)cc(F)c1Cl. The summed E-state index contributed by atoms with van der Waals surface area (Å²) < 4.78 is 17.5. The molecule has 4 nitrogen and oxygen atoms in total. The van der Waals surface area contributed by atoms with E-state index in [-0.39, 0.29) is 10.6 Å². The standard InChI is InChI=1S/C10H9Cl2FO4/c1-17-10(16)9(15)8(14)5-2-4(11)3-6(13)7(5)12/h2-3,8-9,14-15H,1H3. The van der Waals surface area contributed by atoms with Crippen LogP contribution in [0.2, 0.25) is 10.0 Å². The van der Waals surface area contributed by atoms with Gasteiger partial charge in [-0.3, -0.25) is 0 Å². The van der Waals surface area contributed by atoms with E-state index < -0.39 is 29.0 Å².